The van der Waals surface area contributed by atoms with E-state index in [4.69, 9.17) is 9.26 Å². The molecule has 1 aliphatic heterocycles. The zero-order valence-electron chi connectivity index (χ0n) is 13.4. The molecule has 2 fully saturated rings. The number of amides is 1. The van der Waals surface area contributed by atoms with Crippen molar-refractivity contribution in [1.29, 1.82) is 0 Å². The second-order valence-corrected chi connectivity index (χ2v) is 6.25. The minimum atomic E-state index is 0.149. The van der Waals surface area contributed by atoms with Crippen molar-refractivity contribution in [2.24, 2.45) is 0 Å². The summed E-state index contributed by atoms with van der Waals surface area (Å²) in [4.78, 5) is 22.9. The average Bonchev–Trinajstić information content (AvgIpc) is 3.29. The maximum Gasteiger partial charge on any atom is 0.227 e. The lowest BCUT2D eigenvalue weighted by Crippen LogP contribution is -2.51. The molecule has 0 aromatic carbocycles. The number of fused-ring (bicyclic) bond motifs is 1. The number of hydrogen-bond donors (Lipinski definition) is 0. The van der Waals surface area contributed by atoms with Crippen molar-refractivity contribution < 1.29 is 14.1 Å². The molecular formula is C17H20N4O3. The molecule has 1 saturated heterocycles. The Kier molecular flexibility index (Phi) is 4.25. The summed E-state index contributed by atoms with van der Waals surface area (Å²) in [7, 11) is 0. The fourth-order valence-electron chi connectivity index (χ4n) is 3.56. The molecule has 0 spiro atoms. The summed E-state index contributed by atoms with van der Waals surface area (Å²) >= 11 is 0. The van der Waals surface area contributed by atoms with Gasteiger partial charge in [0.15, 0.2) is 0 Å². The molecule has 2 aliphatic rings. The van der Waals surface area contributed by atoms with Crippen LogP contribution in [-0.4, -0.2) is 51.2 Å². The van der Waals surface area contributed by atoms with Gasteiger partial charge in [0.05, 0.1) is 18.8 Å². The van der Waals surface area contributed by atoms with Crippen molar-refractivity contribution in [2.45, 2.75) is 44.2 Å². The number of pyridine rings is 1. The molecule has 7 heteroatoms. The number of morpholine rings is 1. The Labute approximate surface area is 140 Å². The minimum absolute atomic E-state index is 0.149. The average molecular weight is 328 g/mol. The van der Waals surface area contributed by atoms with Gasteiger partial charge < -0.3 is 14.2 Å². The number of ether oxygens (including phenoxy) is 1. The molecule has 0 unspecified atom stereocenters. The van der Waals surface area contributed by atoms with Crippen molar-refractivity contribution in [3.8, 4) is 11.4 Å². The molecule has 0 N–H and O–H groups in total. The normalized spacial score (nSPS) is 23.2. The summed E-state index contributed by atoms with van der Waals surface area (Å²) in [5.41, 5.74) is 0.806. The first-order chi connectivity index (χ1) is 11.8. The van der Waals surface area contributed by atoms with E-state index >= 15 is 0 Å². The highest BCUT2D eigenvalue weighted by molar-refractivity contribution is 5.77. The second kappa shape index (κ2) is 6.68. The van der Waals surface area contributed by atoms with Gasteiger partial charge in [0.1, 0.15) is 0 Å². The van der Waals surface area contributed by atoms with Crippen LogP contribution in [-0.2, 0) is 16.0 Å². The second-order valence-electron chi connectivity index (χ2n) is 6.25. The van der Waals surface area contributed by atoms with E-state index in [1.807, 2.05) is 17.0 Å². The van der Waals surface area contributed by atoms with Gasteiger partial charge in [-0.15, -0.1) is 0 Å². The molecule has 126 valence electrons. The third kappa shape index (κ3) is 3.03. The van der Waals surface area contributed by atoms with Gasteiger partial charge in [0.25, 0.3) is 0 Å². The molecule has 2 aromatic heterocycles. The van der Waals surface area contributed by atoms with Gasteiger partial charge in [-0.25, -0.2) is 0 Å². The fraction of sp³-hybridized carbons (Fsp3) is 0.529. The summed E-state index contributed by atoms with van der Waals surface area (Å²) < 4.78 is 11.0. The molecule has 0 bridgehead atoms. The Balaban J connectivity index is 1.37. The van der Waals surface area contributed by atoms with E-state index in [2.05, 4.69) is 15.1 Å². The Morgan fingerprint density at radius 3 is 3.21 bits per heavy atom. The Morgan fingerprint density at radius 2 is 2.33 bits per heavy atom. The van der Waals surface area contributed by atoms with Crippen molar-refractivity contribution >= 4 is 5.91 Å². The maximum atomic E-state index is 12.6. The van der Waals surface area contributed by atoms with Crippen LogP contribution in [0.25, 0.3) is 11.4 Å². The predicted molar refractivity (Wildman–Crippen MR) is 84.9 cm³/mol. The van der Waals surface area contributed by atoms with Gasteiger partial charge in [0, 0.05) is 37.3 Å². The molecule has 1 amide bonds. The molecule has 2 atom stereocenters. The summed E-state index contributed by atoms with van der Waals surface area (Å²) in [6, 6.07) is 3.95. The van der Waals surface area contributed by atoms with Crippen LogP contribution in [0.4, 0.5) is 0 Å². The van der Waals surface area contributed by atoms with Crippen LogP contribution in [0.15, 0.2) is 29.0 Å². The van der Waals surface area contributed by atoms with E-state index in [-0.39, 0.29) is 18.1 Å². The van der Waals surface area contributed by atoms with Gasteiger partial charge in [-0.1, -0.05) is 5.16 Å². The van der Waals surface area contributed by atoms with Crippen LogP contribution in [0.1, 0.15) is 31.6 Å². The highest BCUT2D eigenvalue weighted by Crippen LogP contribution is 2.30. The van der Waals surface area contributed by atoms with Crippen molar-refractivity contribution in [1.82, 2.24) is 20.0 Å². The van der Waals surface area contributed by atoms with Gasteiger partial charge >= 0.3 is 0 Å². The quantitative estimate of drug-likeness (QED) is 0.852. The molecule has 7 nitrogen and oxygen atoms in total. The van der Waals surface area contributed by atoms with Crippen LogP contribution in [0.5, 0.6) is 0 Å². The Bertz CT molecular complexity index is 703. The number of nitrogens with zero attached hydrogens (tertiary/aromatic N) is 4. The van der Waals surface area contributed by atoms with Crippen LogP contribution < -0.4 is 0 Å². The van der Waals surface area contributed by atoms with Gasteiger partial charge in [-0.3, -0.25) is 9.78 Å². The third-order valence-corrected chi connectivity index (χ3v) is 4.74. The topological polar surface area (TPSA) is 81.3 Å². The number of hydrogen-bond acceptors (Lipinski definition) is 6. The first-order valence-electron chi connectivity index (χ1n) is 8.45. The van der Waals surface area contributed by atoms with E-state index in [0.29, 0.717) is 37.7 Å². The number of carbonyl (C=O) groups excluding carboxylic acids is 1. The lowest BCUT2D eigenvalue weighted by molar-refractivity contribution is -0.144. The molecule has 1 aliphatic carbocycles. The van der Waals surface area contributed by atoms with E-state index in [1.165, 1.54) is 0 Å². The molecule has 2 aromatic rings. The lowest BCUT2D eigenvalue weighted by atomic mass is 10.1. The number of carbonyl (C=O) groups is 1. The van der Waals surface area contributed by atoms with Crippen LogP contribution in [0.2, 0.25) is 0 Å². The SMILES string of the molecule is O=C(CCc1nc(-c2cccnc2)no1)N1CCO[C@@H]2CCC[C@H]21. The Morgan fingerprint density at radius 1 is 1.38 bits per heavy atom. The molecule has 1 saturated carbocycles. The smallest absolute Gasteiger partial charge is 0.227 e. The number of aromatic nitrogens is 3. The van der Waals surface area contributed by atoms with Crippen LogP contribution in [0.3, 0.4) is 0 Å². The van der Waals surface area contributed by atoms with E-state index in [1.54, 1.807) is 12.4 Å². The molecule has 24 heavy (non-hydrogen) atoms. The third-order valence-electron chi connectivity index (χ3n) is 4.74. The molecular weight excluding hydrogens is 308 g/mol. The summed E-state index contributed by atoms with van der Waals surface area (Å²) in [6.07, 6.45) is 7.70. The largest absolute Gasteiger partial charge is 0.374 e. The van der Waals surface area contributed by atoms with Crippen molar-refractivity contribution in [3.63, 3.8) is 0 Å². The van der Waals surface area contributed by atoms with Gasteiger partial charge in [-0.2, -0.15) is 4.98 Å². The van der Waals surface area contributed by atoms with Crippen molar-refractivity contribution in [3.05, 3.63) is 30.4 Å². The minimum Gasteiger partial charge on any atom is -0.374 e. The van der Waals surface area contributed by atoms with Gasteiger partial charge in [-0.05, 0) is 31.4 Å². The van der Waals surface area contributed by atoms with Gasteiger partial charge in [0.2, 0.25) is 17.6 Å². The van der Waals surface area contributed by atoms with Crippen LogP contribution >= 0.6 is 0 Å². The highest BCUT2D eigenvalue weighted by Gasteiger charge is 2.38. The zero-order chi connectivity index (χ0) is 16.4. The lowest BCUT2D eigenvalue weighted by Gasteiger charge is -2.37. The predicted octanol–water partition coefficient (Wildman–Crippen LogP) is 1.84. The standard InChI is InChI=1S/C17H20N4O3/c22-16(21-9-10-23-14-5-1-4-13(14)21)7-6-15-19-17(20-24-15)12-3-2-8-18-11-12/h2-3,8,11,13-14H,1,4-7,9-10H2/t13-,14-/m1/s1. The number of aryl methyl sites for hydroxylation is 1. The summed E-state index contributed by atoms with van der Waals surface area (Å²) in [5.74, 6) is 1.14. The fourth-order valence-corrected chi connectivity index (χ4v) is 3.56. The van der Waals surface area contributed by atoms with E-state index in [0.717, 1.165) is 24.8 Å². The number of rotatable bonds is 4. The Hall–Kier alpha value is -2.28. The highest BCUT2D eigenvalue weighted by atomic mass is 16.5. The molecule has 0 radical (unpaired) electrons. The van der Waals surface area contributed by atoms with Crippen molar-refractivity contribution in [2.75, 3.05) is 13.2 Å². The first kappa shape index (κ1) is 15.3. The van der Waals surface area contributed by atoms with Crippen LogP contribution in [0, 0.1) is 0 Å². The first-order valence-corrected chi connectivity index (χ1v) is 8.45. The molecule has 3 heterocycles. The molecule has 4 rings (SSSR count). The zero-order valence-corrected chi connectivity index (χ0v) is 13.4. The summed E-state index contributed by atoms with van der Waals surface area (Å²) in [6.45, 7) is 1.32. The van der Waals surface area contributed by atoms with E-state index in [9.17, 15) is 4.79 Å². The van der Waals surface area contributed by atoms with E-state index < -0.39 is 0 Å². The maximum absolute atomic E-state index is 12.6. The summed E-state index contributed by atoms with van der Waals surface area (Å²) in [5, 5.41) is 3.96. The monoisotopic (exact) mass is 328 g/mol.